The molecule has 0 spiro atoms. The Labute approximate surface area is 156 Å². The minimum atomic E-state index is 0.0668. The molecule has 0 amide bonds. The average Bonchev–Trinajstić information content (AvgIpc) is 2.67. The lowest BCUT2D eigenvalue weighted by Crippen LogP contribution is -2.02. The molecule has 0 aliphatic heterocycles. The second-order valence-corrected chi connectivity index (χ2v) is 7.39. The van der Waals surface area contributed by atoms with Crippen LogP contribution in [0.2, 0.25) is 0 Å². The summed E-state index contributed by atoms with van der Waals surface area (Å²) in [5.74, 6) is 1.01. The monoisotopic (exact) mass is 342 g/mol. The van der Waals surface area contributed by atoms with Crippen LogP contribution >= 0.6 is 0 Å². The van der Waals surface area contributed by atoms with E-state index < -0.39 is 0 Å². The molecular formula is C25H26O. The van der Waals surface area contributed by atoms with Crippen LogP contribution in [0.15, 0.2) is 72.8 Å². The van der Waals surface area contributed by atoms with Crippen molar-refractivity contribution in [1.82, 2.24) is 0 Å². The second-order valence-electron chi connectivity index (χ2n) is 7.39. The second kappa shape index (κ2) is 7.70. The van der Waals surface area contributed by atoms with Crippen molar-refractivity contribution in [1.29, 1.82) is 0 Å². The van der Waals surface area contributed by atoms with Gasteiger partial charge in [-0.2, -0.15) is 0 Å². The lowest BCUT2D eigenvalue weighted by Gasteiger charge is -2.20. The zero-order chi connectivity index (χ0) is 18.7. The van der Waals surface area contributed by atoms with E-state index in [1.54, 1.807) is 0 Å². The van der Waals surface area contributed by atoms with Crippen LogP contribution in [0.25, 0.3) is 11.1 Å². The molecule has 0 radical (unpaired) electrons. The Morgan fingerprint density at radius 2 is 1.27 bits per heavy atom. The Bertz CT molecular complexity index is 887. The topological polar surface area (TPSA) is 17.1 Å². The SMILES string of the molecule is CC(C)c1cccc(-c2ccc(C(=O)c3ccccc3)cc2)c1C(C)C. The van der Waals surface area contributed by atoms with E-state index in [9.17, 15) is 4.79 Å². The van der Waals surface area contributed by atoms with Gasteiger partial charge >= 0.3 is 0 Å². The van der Waals surface area contributed by atoms with Gasteiger partial charge in [0.25, 0.3) is 0 Å². The lowest BCUT2D eigenvalue weighted by atomic mass is 9.84. The molecule has 1 heteroatoms. The van der Waals surface area contributed by atoms with Gasteiger partial charge in [0.05, 0.1) is 0 Å². The summed E-state index contributed by atoms with van der Waals surface area (Å²) in [6.45, 7) is 8.98. The van der Waals surface area contributed by atoms with E-state index in [4.69, 9.17) is 0 Å². The maximum Gasteiger partial charge on any atom is 0.193 e. The summed E-state index contributed by atoms with van der Waals surface area (Å²) in [5.41, 5.74) is 6.70. The van der Waals surface area contributed by atoms with Gasteiger partial charge in [-0.1, -0.05) is 100 Å². The first-order valence-corrected chi connectivity index (χ1v) is 9.32. The van der Waals surface area contributed by atoms with Gasteiger partial charge in [0.15, 0.2) is 5.78 Å². The van der Waals surface area contributed by atoms with Crippen LogP contribution in [-0.2, 0) is 0 Å². The predicted molar refractivity (Wildman–Crippen MR) is 110 cm³/mol. The Morgan fingerprint density at radius 1 is 0.654 bits per heavy atom. The molecule has 26 heavy (non-hydrogen) atoms. The predicted octanol–water partition coefficient (Wildman–Crippen LogP) is 6.83. The summed E-state index contributed by atoms with van der Waals surface area (Å²) in [6, 6.07) is 24.0. The quantitative estimate of drug-likeness (QED) is 0.464. The van der Waals surface area contributed by atoms with Gasteiger partial charge in [-0.15, -0.1) is 0 Å². The van der Waals surface area contributed by atoms with Gasteiger partial charge in [-0.25, -0.2) is 0 Å². The highest BCUT2D eigenvalue weighted by molar-refractivity contribution is 6.09. The minimum absolute atomic E-state index is 0.0668. The standard InChI is InChI=1S/C25H26O/c1-17(2)22-11-8-12-23(24(22)18(3)4)19-13-15-21(16-14-19)25(26)20-9-6-5-7-10-20/h5-18H,1-4H3. The fourth-order valence-corrected chi connectivity index (χ4v) is 3.54. The average molecular weight is 342 g/mol. The van der Waals surface area contributed by atoms with Gasteiger partial charge < -0.3 is 0 Å². The van der Waals surface area contributed by atoms with Crippen LogP contribution < -0.4 is 0 Å². The Hall–Kier alpha value is -2.67. The summed E-state index contributed by atoms with van der Waals surface area (Å²) in [6.07, 6.45) is 0. The first kappa shape index (κ1) is 18.1. The number of rotatable bonds is 5. The number of ketones is 1. The molecule has 0 saturated carbocycles. The number of benzene rings is 3. The van der Waals surface area contributed by atoms with Crippen LogP contribution in [0.1, 0.15) is 66.6 Å². The Morgan fingerprint density at radius 3 is 1.85 bits per heavy atom. The highest BCUT2D eigenvalue weighted by atomic mass is 16.1. The molecule has 0 atom stereocenters. The van der Waals surface area contributed by atoms with E-state index in [2.05, 4.69) is 58.0 Å². The first-order valence-electron chi connectivity index (χ1n) is 9.32. The zero-order valence-electron chi connectivity index (χ0n) is 16.0. The van der Waals surface area contributed by atoms with E-state index in [-0.39, 0.29) is 5.78 Å². The maximum atomic E-state index is 12.6. The molecule has 3 aromatic carbocycles. The molecule has 3 aromatic rings. The lowest BCUT2D eigenvalue weighted by molar-refractivity contribution is 0.103. The first-order chi connectivity index (χ1) is 12.5. The van der Waals surface area contributed by atoms with E-state index in [1.807, 2.05) is 42.5 Å². The van der Waals surface area contributed by atoms with Crippen LogP contribution in [0.3, 0.4) is 0 Å². The molecule has 0 heterocycles. The van der Waals surface area contributed by atoms with E-state index >= 15 is 0 Å². The number of carbonyl (C=O) groups excluding carboxylic acids is 1. The van der Waals surface area contributed by atoms with Crippen LogP contribution in [-0.4, -0.2) is 5.78 Å². The zero-order valence-corrected chi connectivity index (χ0v) is 16.0. The molecule has 132 valence electrons. The molecule has 3 rings (SSSR count). The highest BCUT2D eigenvalue weighted by Crippen LogP contribution is 2.35. The summed E-state index contributed by atoms with van der Waals surface area (Å²) >= 11 is 0. The maximum absolute atomic E-state index is 12.6. The molecular weight excluding hydrogens is 316 g/mol. The van der Waals surface area contributed by atoms with Gasteiger partial charge in [0, 0.05) is 11.1 Å². The van der Waals surface area contributed by atoms with Crippen molar-refractivity contribution in [3.05, 3.63) is 95.1 Å². The largest absolute Gasteiger partial charge is 0.289 e. The number of hydrogen-bond acceptors (Lipinski definition) is 1. The number of hydrogen-bond donors (Lipinski definition) is 0. The molecule has 0 aliphatic carbocycles. The van der Waals surface area contributed by atoms with Crippen LogP contribution in [0.5, 0.6) is 0 Å². The van der Waals surface area contributed by atoms with Gasteiger partial charge in [-0.3, -0.25) is 4.79 Å². The Balaban J connectivity index is 1.99. The summed E-state index contributed by atoms with van der Waals surface area (Å²) in [7, 11) is 0. The minimum Gasteiger partial charge on any atom is -0.289 e. The molecule has 0 bridgehead atoms. The van der Waals surface area contributed by atoms with Crippen molar-refractivity contribution in [2.45, 2.75) is 39.5 Å². The van der Waals surface area contributed by atoms with Crippen molar-refractivity contribution in [2.75, 3.05) is 0 Å². The number of carbonyl (C=O) groups is 1. The molecule has 0 saturated heterocycles. The third kappa shape index (κ3) is 3.62. The molecule has 1 nitrogen and oxygen atoms in total. The summed E-state index contributed by atoms with van der Waals surface area (Å²) in [4.78, 5) is 12.6. The fourth-order valence-electron chi connectivity index (χ4n) is 3.54. The van der Waals surface area contributed by atoms with Crippen molar-refractivity contribution in [3.8, 4) is 11.1 Å². The molecule has 0 aromatic heterocycles. The summed E-state index contributed by atoms with van der Waals surface area (Å²) in [5, 5.41) is 0. The van der Waals surface area contributed by atoms with Gasteiger partial charge in [0.1, 0.15) is 0 Å². The smallest absolute Gasteiger partial charge is 0.193 e. The van der Waals surface area contributed by atoms with Crippen molar-refractivity contribution >= 4 is 5.78 Å². The van der Waals surface area contributed by atoms with E-state index in [0.29, 0.717) is 11.8 Å². The van der Waals surface area contributed by atoms with Gasteiger partial charge in [-0.05, 0) is 34.1 Å². The van der Waals surface area contributed by atoms with E-state index in [0.717, 1.165) is 11.1 Å². The normalized spacial score (nSPS) is 11.2. The van der Waals surface area contributed by atoms with E-state index in [1.165, 1.54) is 22.3 Å². The highest BCUT2D eigenvalue weighted by Gasteiger charge is 2.16. The van der Waals surface area contributed by atoms with Crippen molar-refractivity contribution in [2.24, 2.45) is 0 Å². The summed E-state index contributed by atoms with van der Waals surface area (Å²) < 4.78 is 0. The van der Waals surface area contributed by atoms with Crippen molar-refractivity contribution in [3.63, 3.8) is 0 Å². The molecule has 0 fully saturated rings. The third-order valence-corrected chi connectivity index (χ3v) is 4.83. The molecule has 0 unspecified atom stereocenters. The van der Waals surface area contributed by atoms with Crippen LogP contribution in [0.4, 0.5) is 0 Å². The molecule has 0 N–H and O–H groups in total. The Kier molecular flexibility index (Phi) is 5.37. The fraction of sp³-hybridized carbons (Fsp3) is 0.240. The van der Waals surface area contributed by atoms with Gasteiger partial charge in [0.2, 0.25) is 0 Å². The third-order valence-electron chi connectivity index (χ3n) is 4.83. The van der Waals surface area contributed by atoms with Crippen LogP contribution in [0, 0.1) is 0 Å². The van der Waals surface area contributed by atoms with Crippen molar-refractivity contribution < 1.29 is 4.79 Å². The molecule has 0 aliphatic rings.